The third-order valence-corrected chi connectivity index (χ3v) is 4.05. The maximum absolute atomic E-state index is 13.3. The third kappa shape index (κ3) is 1.97. The van der Waals surface area contributed by atoms with Crippen molar-refractivity contribution in [3.05, 3.63) is 33.8 Å². The first-order valence-corrected chi connectivity index (χ1v) is 6.15. The summed E-state index contributed by atoms with van der Waals surface area (Å²) in [5.41, 5.74) is -0.741. The Balaban J connectivity index is 2.58. The van der Waals surface area contributed by atoms with Gasteiger partial charge in [-0.05, 0) is 30.5 Å². The van der Waals surface area contributed by atoms with Crippen molar-refractivity contribution in [3.63, 3.8) is 0 Å². The molecule has 0 aromatic heterocycles. The van der Waals surface area contributed by atoms with Crippen LogP contribution in [0.25, 0.3) is 0 Å². The molecular weight excluding hydrogens is 294 g/mol. The molecule has 2 rings (SSSR count). The lowest BCUT2D eigenvalue weighted by Crippen LogP contribution is -2.33. The minimum atomic E-state index is -1.08. The number of hydrogen-bond donors (Lipinski definition) is 1. The Bertz CT molecular complexity index is 468. The van der Waals surface area contributed by atoms with Gasteiger partial charge < -0.3 is 5.11 Å². The fraction of sp³-hybridized carbons (Fsp3) is 0.417. The normalized spacial score (nSPS) is 18.3. The van der Waals surface area contributed by atoms with E-state index in [2.05, 4.69) is 15.9 Å². The molecule has 1 aromatic rings. The van der Waals surface area contributed by atoms with Gasteiger partial charge in [0.25, 0.3) is 0 Å². The van der Waals surface area contributed by atoms with E-state index in [0.29, 0.717) is 22.9 Å². The molecule has 0 unspecified atom stereocenters. The van der Waals surface area contributed by atoms with Crippen LogP contribution in [-0.4, -0.2) is 11.1 Å². The van der Waals surface area contributed by atoms with E-state index in [4.69, 9.17) is 0 Å². The molecular formula is C12H11BrF2O2. The second kappa shape index (κ2) is 4.37. The van der Waals surface area contributed by atoms with Gasteiger partial charge in [-0.15, -0.1) is 0 Å². The van der Waals surface area contributed by atoms with Crippen LogP contribution in [-0.2, 0) is 10.2 Å². The Morgan fingerprint density at radius 3 is 2.29 bits per heavy atom. The first-order chi connectivity index (χ1) is 7.97. The van der Waals surface area contributed by atoms with E-state index in [0.717, 1.165) is 25.0 Å². The van der Waals surface area contributed by atoms with E-state index in [1.54, 1.807) is 0 Å². The molecule has 0 bridgehead atoms. The quantitative estimate of drug-likeness (QED) is 0.847. The van der Waals surface area contributed by atoms with Crippen molar-refractivity contribution in [1.29, 1.82) is 0 Å². The van der Waals surface area contributed by atoms with E-state index in [1.165, 1.54) is 0 Å². The van der Waals surface area contributed by atoms with Gasteiger partial charge in [0.1, 0.15) is 0 Å². The van der Waals surface area contributed by atoms with Gasteiger partial charge in [0.2, 0.25) is 0 Å². The molecule has 1 fully saturated rings. The van der Waals surface area contributed by atoms with E-state index in [1.807, 2.05) is 0 Å². The first kappa shape index (κ1) is 12.5. The molecule has 2 nitrogen and oxygen atoms in total. The van der Waals surface area contributed by atoms with Crippen molar-refractivity contribution in [3.8, 4) is 0 Å². The van der Waals surface area contributed by atoms with Gasteiger partial charge in [-0.1, -0.05) is 28.8 Å². The second-order valence-electron chi connectivity index (χ2n) is 4.34. The summed E-state index contributed by atoms with van der Waals surface area (Å²) in [6.07, 6.45) is 2.51. The second-order valence-corrected chi connectivity index (χ2v) is 5.19. The molecule has 1 aliphatic rings. The van der Waals surface area contributed by atoms with Gasteiger partial charge in [0.05, 0.1) is 5.41 Å². The Kier molecular flexibility index (Phi) is 3.21. The Morgan fingerprint density at radius 2 is 1.76 bits per heavy atom. The summed E-state index contributed by atoms with van der Waals surface area (Å²) in [5.74, 6) is -2.95. The van der Waals surface area contributed by atoms with E-state index < -0.39 is 23.0 Å². The van der Waals surface area contributed by atoms with Crippen molar-refractivity contribution < 1.29 is 18.7 Å². The number of carbonyl (C=O) groups is 1. The highest BCUT2D eigenvalue weighted by Gasteiger charge is 2.44. The average molecular weight is 305 g/mol. The minimum absolute atomic E-state index is 0.320. The van der Waals surface area contributed by atoms with Crippen molar-refractivity contribution in [2.45, 2.75) is 31.1 Å². The maximum atomic E-state index is 13.3. The highest BCUT2D eigenvalue weighted by molar-refractivity contribution is 9.10. The molecule has 17 heavy (non-hydrogen) atoms. The highest BCUT2D eigenvalue weighted by atomic mass is 79.9. The zero-order valence-electron chi connectivity index (χ0n) is 8.97. The predicted octanol–water partition coefficient (Wildman–Crippen LogP) is 3.62. The zero-order valence-corrected chi connectivity index (χ0v) is 10.6. The number of carboxylic acid groups (broad SMARTS) is 1. The van der Waals surface area contributed by atoms with Gasteiger partial charge >= 0.3 is 5.97 Å². The standard InChI is InChI=1S/C12H11BrF2O2/c13-8-6-10(15)9(14)5-7(8)12(11(16)17)3-1-2-4-12/h5-6H,1-4H2,(H,16,17). The number of aliphatic carboxylic acids is 1. The van der Waals surface area contributed by atoms with Crippen molar-refractivity contribution in [1.82, 2.24) is 0 Å². The lowest BCUT2D eigenvalue weighted by molar-refractivity contribution is -0.143. The van der Waals surface area contributed by atoms with Gasteiger partial charge in [0, 0.05) is 4.47 Å². The summed E-state index contributed by atoms with van der Waals surface area (Å²) in [7, 11) is 0. The maximum Gasteiger partial charge on any atom is 0.314 e. The van der Waals surface area contributed by atoms with Crippen LogP contribution in [0.2, 0.25) is 0 Å². The third-order valence-electron chi connectivity index (χ3n) is 3.39. The molecule has 0 aliphatic heterocycles. The Labute approximate surface area is 106 Å². The predicted molar refractivity (Wildman–Crippen MR) is 61.8 cm³/mol. The van der Waals surface area contributed by atoms with Crippen molar-refractivity contribution >= 4 is 21.9 Å². The first-order valence-electron chi connectivity index (χ1n) is 5.36. The Hall–Kier alpha value is -0.970. The van der Waals surface area contributed by atoms with Crippen molar-refractivity contribution in [2.75, 3.05) is 0 Å². The van der Waals surface area contributed by atoms with Crippen LogP contribution in [0, 0.1) is 11.6 Å². The average Bonchev–Trinajstić information content (AvgIpc) is 2.73. The molecule has 1 saturated carbocycles. The molecule has 1 aromatic carbocycles. The number of halogens is 3. The summed E-state index contributed by atoms with van der Waals surface area (Å²) in [6.45, 7) is 0. The molecule has 0 heterocycles. The summed E-state index contributed by atoms with van der Waals surface area (Å²) in [5, 5.41) is 9.36. The SMILES string of the molecule is O=C(O)C1(c2cc(F)c(F)cc2Br)CCCC1. The van der Waals surface area contributed by atoms with Gasteiger partial charge in [-0.3, -0.25) is 4.79 Å². The van der Waals surface area contributed by atoms with Crippen molar-refractivity contribution in [2.24, 2.45) is 0 Å². The topological polar surface area (TPSA) is 37.3 Å². The fourth-order valence-electron chi connectivity index (χ4n) is 2.47. The molecule has 0 saturated heterocycles. The zero-order chi connectivity index (χ0) is 12.6. The van der Waals surface area contributed by atoms with Crippen LogP contribution in [0.1, 0.15) is 31.2 Å². The van der Waals surface area contributed by atoms with Crippen LogP contribution >= 0.6 is 15.9 Å². The monoisotopic (exact) mass is 304 g/mol. The molecule has 1 N–H and O–H groups in total. The van der Waals surface area contributed by atoms with E-state index >= 15 is 0 Å². The molecule has 0 atom stereocenters. The molecule has 1 aliphatic carbocycles. The van der Waals surface area contributed by atoms with Gasteiger partial charge in [-0.25, -0.2) is 8.78 Å². The summed E-state index contributed by atoms with van der Waals surface area (Å²) in [6, 6.07) is 1.99. The summed E-state index contributed by atoms with van der Waals surface area (Å²) in [4.78, 5) is 11.4. The molecule has 5 heteroatoms. The van der Waals surface area contributed by atoms with Gasteiger partial charge in [0.15, 0.2) is 11.6 Å². The lowest BCUT2D eigenvalue weighted by atomic mass is 9.79. The summed E-state index contributed by atoms with van der Waals surface area (Å²) >= 11 is 3.12. The lowest BCUT2D eigenvalue weighted by Gasteiger charge is -2.25. The smallest absolute Gasteiger partial charge is 0.314 e. The van der Waals surface area contributed by atoms with Crippen LogP contribution < -0.4 is 0 Å². The van der Waals surface area contributed by atoms with Gasteiger partial charge in [-0.2, -0.15) is 0 Å². The number of benzene rings is 1. The molecule has 92 valence electrons. The number of carboxylic acids is 1. The number of rotatable bonds is 2. The molecule has 0 radical (unpaired) electrons. The molecule has 0 spiro atoms. The Morgan fingerprint density at radius 1 is 1.24 bits per heavy atom. The minimum Gasteiger partial charge on any atom is -0.481 e. The summed E-state index contributed by atoms with van der Waals surface area (Å²) < 4.78 is 26.6. The largest absolute Gasteiger partial charge is 0.481 e. The van der Waals surface area contributed by atoms with Crippen LogP contribution in [0.3, 0.4) is 0 Å². The van der Waals surface area contributed by atoms with Crippen LogP contribution in [0.15, 0.2) is 16.6 Å². The van der Waals surface area contributed by atoms with Crippen LogP contribution in [0.5, 0.6) is 0 Å². The van der Waals surface area contributed by atoms with E-state index in [-0.39, 0.29) is 0 Å². The van der Waals surface area contributed by atoms with E-state index in [9.17, 15) is 18.7 Å². The molecule has 0 amide bonds. The fourth-order valence-corrected chi connectivity index (χ4v) is 3.16. The highest BCUT2D eigenvalue weighted by Crippen LogP contribution is 2.44. The number of hydrogen-bond acceptors (Lipinski definition) is 1. The van der Waals surface area contributed by atoms with Crippen LogP contribution in [0.4, 0.5) is 8.78 Å².